The summed E-state index contributed by atoms with van der Waals surface area (Å²) in [7, 11) is 0. The zero-order valence-corrected chi connectivity index (χ0v) is 15.7. The lowest BCUT2D eigenvalue weighted by Gasteiger charge is -2.31. The number of ketones is 1. The third-order valence-electron chi connectivity index (χ3n) is 5.59. The van der Waals surface area contributed by atoms with E-state index in [-0.39, 0.29) is 5.92 Å². The van der Waals surface area contributed by atoms with Gasteiger partial charge >= 0.3 is 0 Å². The van der Waals surface area contributed by atoms with Crippen LogP contribution in [0.25, 0.3) is 0 Å². The number of hydrogen-bond donors (Lipinski definition) is 1. The molecule has 1 saturated heterocycles. The Hall–Kier alpha value is -1.45. The van der Waals surface area contributed by atoms with Gasteiger partial charge in [0, 0.05) is 31.0 Å². The van der Waals surface area contributed by atoms with Crippen LogP contribution in [0.4, 0.5) is 0 Å². The molecule has 1 N–H and O–H groups in total. The second-order valence-electron chi connectivity index (χ2n) is 7.95. The summed E-state index contributed by atoms with van der Waals surface area (Å²) < 4.78 is 0. The van der Waals surface area contributed by atoms with Crippen LogP contribution in [0.3, 0.4) is 0 Å². The lowest BCUT2D eigenvalue weighted by atomic mass is 9.88. The highest BCUT2D eigenvalue weighted by Gasteiger charge is 2.26. The highest BCUT2D eigenvalue weighted by Crippen LogP contribution is 2.25. The second-order valence-corrected chi connectivity index (χ2v) is 7.95. The molecule has 2 aliphatic heterocycles. The number of likely N-dealkylation sites (tertiary alicyclic amines) is 1. The number of carbonyl (C=O) groups is 1. The maximum atomic E-state index is 12.8. The summed E-state index contributed by atoms with van der Waals surface area (Å²) in [6.07, 6.45) is 7.07. The van der Waals surface area contributed by atoms with Gasteiger partial charge in [0.25, 0.3) is 0 Å². The first-order chi connectivity index (χ1) is 12.1. The van der Waals surface area contributed by atoms with Gasteiger partial charge in [-0.2, -0.15) is 0 Å². The van der Waals surface area contributed by atoms with Gasteiger partial charge in [0.15, 0.2) is 0 Å². The molecule has 0 bridgehead atoms. The third kappa shape index (κ3) is 5.52. The Balaban J connectivity index is 1.46. The predicted molar refractivity (Wildman–Crippen MR) is 103 cm³/mol. The molecule has 2 atom stereocenters. The van der Waals surface area contributed by atoms with Crippen molar-refractivity contribution in [3.05, 3.63) is 47.5 Å². The average Bonchev–Trinajstić information content (AvgIpc) is 2.76. The Morgan fingerprint density at radius 2 is 1.84 bits per heavy atom. The van der Waals surface area contributed by atoms with E-state index in [1.165, 1.54) is 11.1 Å². The first kappa shape index (κ1) is 18.3. The zero-order chi connectivity index (χ0) is 17.6. The number of Topliss-reactive ketones (excluding diaryl/α,β-unsaturated/α-hetero) is 1. The van der Waals surface area contributed by atoms with E-state index in [1.807, 2.05) is 0 Å². The molecule has 1 aromatic rings. The molecule has 0 saturated carbocycles. The van der Waals surface area contributed by atoms with Gasteiger partial charge in [0.1, 0.15) is 5.78 Å². The lowest BCUT2D eigenvalue weighted by molar-refractivity contribution is -0.123. The summed E-state index contributed by atoms with van der Waals surface area (Å²) in [4.78, 5) is 15.2. The molecule has 1 aromatic carbocycles. The van der Waals surface area contributed by atoms with Crippen molar-refractivity contribution in [3.8, 4) is 0 Å². The van der Waals surface area contributed by atoms with Gasteiger partial charge in [0.2, 0.25) is 0 Å². The van der Waals surface area contributed by atoms with Crippen LogP contribution in [0, 0.1) is 5.92 Å². The van der Waals surface area contributed by atoms with Crippen molar-refractivity contribution in [2.24, 2.45) is 5.92 Å². The molecule has 1 fully saturated rings. The fraction of sp³-hybridized carbons (Fsp3) is 0.591. The summed E-state index contributed by atoms with van der Waals surface area (Å²) >= 11 is 0. The van der Waals surface area contributed by atoms with Crippen LogP contribution in [0.1, 0.15) is 51.5 Å². The molecule has 3 rings (SSSR count). The number of hydrogen-bond acceptors (Lipinski definition) is 3. The van der Waals surface area contributed by atoms with Gasteiger partial charge in [-0.25, -0.2) is 0 Å². The minimum Gasteiger partial charge on any atom is -0.311 e. The Morgan fingerprint density at radius 3 is 2.56 bits per heavy atom. The number of nitrogens with one attached hydrogen (secondary N) is 1. The molecule has 136 valence electrons. The van der Waals surface area contributed by atoms with Crippen molar-refractivity contribution in [3.63, 3.8) is 0 Å². The molecular weight excluding hydrogens is 308 g/mol. The van der Waals surface area contributed by atoms with Crippen molar-refractivity contribution >= 4 is 5.78 Å². The Labute approximate surface area is 152 Å². The maximum absolute atomic E-state index is 12.8. The first-order valence-corrected chi connectivity index (χ1v) is 9.83. The van der Waals surface area contributed by atoms with Crippen molar-refractivity contribution in [1.29, 1.82) is 0 Å². The van der Waals surface area contributed by atoms with Gasteiger partial charge in [-0.15, -0.1) is 0 Å². The van der Waals surface area contributed by atoms with Crippen LogP contribution in [-0.2, 0) is 11.3 Å². The van der Waals surface area contributed by atoms with Crippen LogP contribution >= 0.6 is 0 Å². The molecule has 3 heteroatoms. The van der Waals surface area contributed by atoms with Crippen molar-refractivity contribution in [2.45, 2.75) is 64.6 Å². The fourth-order valence-electron chi connectivity index (χ4n) is 4.20. The smallest absolute Gasteiger partial charge is 0.140 e. The topological polar surface area (TPSA) is 32.3 Å². The average molecular weight is 341 g/mol. The third-order valence-corrected chi connectivity index (χ3v) is 5.59. The number of carbonyl (C=O) groups excluding carboxylic acids is 1. The van der Waals surface area contributed by atoms with E-state index in [2.05, 4.69) is 60.5 Å². The lowest BCUT2D eigenvalue weighted by Crippen LogP contribution is -2.36. The van der Waals surface area contributed by atoms with E-state index in [1.54, 1.807) is 0 Å². The molecule has 0 radical (unpaired) electrons. The highest BCUT2D eigenvalue weighted by molar-refractivity contribution is 5.83. The quantitative estimate of drug-likeness (QED) is 0.824. The standard InChI is InChI=1S/C22H32N2O/c1-17-8-9-20(14-18(2)23-17)15-22(25)21-10-12-24(13-11-21)16-19-6-4-3-5-7-19/h3-7,9,17-18,21,23H,8,10-16H2,1-2H3. The molecule has 0 spiro atoms. The highest BCUT2D eigenvalue weighted by atomic mass is 16.1. The number of benzene rings is 1. The van der Waals surface area contributed by atoms with E-state index < -0.39 is 0 Å². The van der Waals surface area contributed by atoms with Gasteiger partial charge in [0.05, 0.1) is 0 Å². The number of rotatable bonds is 5. The summed E-state index contributed by atoms with van der Waals surface area (Å²) in [5, 5.41) is 3.58. The summed E-state index contributed by atoms with van der Waals surface area (Å²) in [5.74, 6) is 0.726. The molecule has 0 aliphatic carbocycles. The van der Waals surface area contributed by atoms with Crippen LogP contribution in [-0.4, -0.2) is 35.9 Å². The Kier molecular flexibility index (Phi) is 6.44. The van der Waals surface area contributed by atoms with E-state index in [4.69, 9.17) is 0 Å². The maximum Gasteiger partial charge on any atom is 0.140 e. The number of nitrogens with zero attached hydrogens (tertiary/aromatic N) is 1. The fourth-order valence-corrected chi connectivity index (χ4v) is 4.20. The predicted octanol–water partition coefficient (Wildman–Crippen LogP) is 3.94. The Morgan fingerprint density at radius 1 is 1.12 bits per heavy atom. The number of piperidine rings is 1. The van der Waals surface area contributed by atoms with Crippen LogP contribution in [0.2, 0.25) is 0 Å². The van der Waals surface area contributed by atoms with Gasteiger partial charge in [-0.3, -0.25) is 9.69 Å². The van der Waals surface area contributed by atoms with E-state index >= 15 is 0 Å². The molecule has 2 aliphatic rings. The molecule has 2 unspecified atom stereocenters. The zero-order valence-electron chi connectivity index (χ0n) is 15.7. The van der Waals surface area contributed by atoms with E-state index in [0.717, 1.165) is 45.3 Å². The van der Waals surface area contributed by atoms with E-state index in [9.17, 15) is 4.79 Å². The minimum absolute atomic E-state index is 0.261. The first-order valence-electron chi connectivity index (χ1n) is 9.83. The molecular formula is C22H32N2O. The molecule has 0 aromatic heterocycles. The summed E-state index contributed by atoms with van der Waals surface area (Å²) in [5.41, 5.74) is 2.72. The van der Waals surface area contributed by atoms with Crippen molar-refractivity contribution in [2.75, 3.05) is 13.1 Å². The molecule has 3 nitrogen and oxygen atoms in total. The van der Waals surface area contributed by atoms with Crippen LogP contribution in [0.15, 0.2) is 42.0 Å². The largest absolute Gasteiger partial charge is 0.311 e. The minimum atomic E-state index is 0.261. The normalized spacial score (nSPS) is 26.1. The molecule has 0 amide bonds. The molecule has 25 heavy (non-hydrogen) atoms. The van der Waals surface area contributed by atoms with Crippen LogP contribution < -0.4 is 5.32 Å². The monoisotopic (exact) mass is 340 g/mol. The van der Waals surface area contributed by atoms with Gasteiger partial charge in [-0.1, -0.05) is 42.0 Å². The van der Waals surface area contributed by atoms with E-state index in [0.29, 0.717) is 24.3 Å². The Bertz CT molecular complexity index is 587. The van der Waals surface area contributed by atoms with Crippen molar-refractivity contribution < 1.29 is 4.79 Å². The summed E-state index contributed by atoms with van der Waals surface area (Å²) in [6.45, 7) is 7.54. The summed E-state index contributed by atoms with van der Waals surface area (Å²) in [6, 6.07) is 11.6. The SMILES string of the molecule is CC1CC=C(CC(=O)C2CCN(Cc3ccccc3)CC2)CC(C)N1. The van der Waals surface area contributed by atoms with Crippen molar-refractivity contribution in [1.82, 2.24) is 10.2 Å². The van der Waals surface area contributed by atoms with Crippen LogP contribution in [0.5, 0.6) is 0 Å². The van der Waals surface area contributed by atoms with Gasteiger partial charge < -0.3 is 5.32 Å². The second kappa shape index (κ2) is 8.77. The molecule has 2 heterocycles. The van der Waals surface area contributed by atoms with Gasteiger partial charge in [-0.05, 0) is 58.2 Å².